The molecule has 0 aromatic heterocycles. The maximum Gasteiger partial charge on any atom is 0.303 e. The monoisotopic (exact) mass is 211 g/mol. The van der Waals surface area contributed by atoms with E-state index in [0.29, 0.717) is 6.42 Å². The maximum absolute atomic E-state index is 11.2. The number of amides is 2. The quantitative estimate of drug-likeness (QED) is 0.668. The standard InChI is InChI=1S/C10H13NO4/c1-2-7(5-10(14)15)6-11-8(12)3-4-9(11)13/h3-4,7H,2,5-6H2,1H3,(H,14,15). The number of nitrogens with zero attached hydrogens (tertiary/aromatic N) is 1. The fourth-order valence-electron chi connectivity index (χ4n) is 1.45. The number of carbonyl (C=O) groups excluding carboxylic acids is 2. The minimum absolute atomic E-state index is 0.0203. The first kappa shape index (κ1) is 11.4. The van der Waals surface area contributed by atoms with E-state index in [4.69, 9.17) is 5.11 Å². The van der Waals surface area contributed by atoms with Crippen LogP contribution >= 0.6 is 0 Å². The lowest BCUT2D eigenvalue weighted by Gasteiger charge is -2.19. The SMILES string of the molecule is CCC(CC(=O)O)CN1C(=O)C=CC1=O. The number of carboxylic acids is 1. The van der Waals surface area contributed by atoms with Crippen molar-refractivity contribution in [2.45, 2.75) is 19.8 Å². The first-order valence-corrected chi connectivity index (χ1v) is 4.80. The van der Waals surface area contributed by atoms with Crippen molar-refractivity contribution < 1.29 is 19.5 Å². The minimum atomic E-state index is -0.908. The Bertz CT molecular complexity index is 303. The van der Waals surface area contributed by atoms with E-state index in [1.807, 2.05) is 6.92 Å². The topological polar surface area (TPSA) is 74.7 Å². The van der Waals surface area contributed by atoms with Crippen molar-refractivity contribution in [1.29, 1.82) is 0 Å². The molecule has 0 aromatic rings. The molecule has 82 valence electrons. The van der Waals surface area contributed by atoms with E-state index in [0.717, 1.165) is 4.90 Å². The number of carboxylic acid groups (broad SMARTS) is 1. The van der Waals surface area contributed by atoms with Gasteiger partial charge in [-0.15, -0.1) is 0 Å². The second-order valence-electron chi connectivity index (χ2n) is 3.49. The van der Waals surface area contributed by atoms with Crippen molar-refractivity contribution in [2.24, 2.45) is 5.92 Å². The Kier molecular flexibility index (Phi) is 3.60. The number of imide groups is 1. The highest BCUT2D eigenvalue weighted by Crippen LogP contribution is 2.14. The summed E-state index contributed by atoms with van der Waals surface area (Å²) < 4.78 is 0. The van der Waals surface area contributed by atoms with Gasteiger partial charge in [0.05, 0.1) is 0 Å². The van der Waals surface area contributed by atoms with Gasteiger partial charge in [0, 0.05) is 25.1 Å². The van der Waals surface area contributed by atoms with Crippen LogP contribution in [0.15, 0.2) is 12.2 Å². The molecule has 1 atom stereocenters. The van der Waals surface area contributed by atoms with Gasteiger partial charge < -0.3 is 5.11 Å². The zero-order chi connectivity index (χ0) is 11.4. The van der Waals surface area contributed by atoms with Crippen LogP contribution in [0.25, 0.3) is 0 Å². The second-order valence-corrected chi connectivity index (χ2v) is 3.49. The van der Waals surface area contributed by atoms with E-state index in [2.05, 4.69) is 0 Å². The summed E-state index contributed by atoms with van der Waals surface area (Å²) in [7, 11) is 0. The molecule has 1 rings (SSSR count). The van der Waals surface area contributed by atoms with Crippen LogP contribution in [0, 0.1) is 5.92 Å². The van der Waals surface area contributed by atoms with E-state index in [9.17, 15) is 14.4 Å². The zero-order valence-corrected chi connectivity index (χ0v) is 8.47. The molecule has 0 aliphatic carbocycles. The molecule has 1 aliphatic heterocycles. The highest BCUT2D eigenvalue weighted by Gasteiger charge is 2.26. The Morgan fingerprint density at radius 3 is 2.33 bits per heavy atom. The molecule has 5 nitrogen and oxygen atoms in total. The number of carbonyl (C=O) groups is 3. The predicted molar refractivity (Wildman–Crippen MR) is 51.9 cm³/mol. The molecule has 0 radical (unpaired) electrons. The van der Waals surface area contributed by atoms with Crippen LogP contribution < -0.4 is 0 Å². The van der Waals surface area contributed by atoms with Crippen LogP contribution in [0.5, 0.6) is 0 Å². The summed E-state index contributed by atoms with van der Waals surface area (Å²) in [4.78, 5) is 34.0. The first-order chi connectivity index (χ1) is 7.04. The fourth-order valence-corrected chi connectivity index (χ4v) is 1.45. The van der Waals surface area contributed by atoms with Crippen molar-refractivity contribution >= 4 is 17.8 Å². The van der Waals surface area contributed by atoms with E-state index in [1.165, 1.54) is 12.2 Å². The van der Waals surface area contributed by atoms with Crippen molar-refractivity contribution in [2.75, 3.05) is 6.54 Å². The first-order valence-electron chi connectivity index (χ1n) is 4.80. The molecule has 0 saturated heterocycles. The molecular formula is C10H13NO4. The van der Waals surface area contributed by atoms with Crippen molar-refractivity contribution in [3.05, 3.63) is 12.2 Å². The second kappa shape index (κ2) is 4.72. The summed E-state index contributed by atoms with van der Waals surface area (Å²) in [6.07, 6.45) is 3.02. The summed E-state index contributed by atoms with van der Waals surface area (Å²) in [5.41, 5.74) is 0. The average Bonchev–Trinajstić information content (AvgIpc) is 2.47. The van der Waals surface area contributed by atoms with Gasteiger partial charge in [0.25, 0.3) is 11.8 Å². The Morgan fingerprint density at radius 2 is 1.93 bits per heavy atom. The summed E-state index contributed by atoms with van der Waals surface area (Å²) in [5.74, 6) is -1.79. The lowest BCUT2D eigenvalue weighted by atomic mass is 10.0. The summed E-state index contributed by atoms with van der Waals surface area (Å²) >= 11 is 0. The van der Waals surface area contributed by atoms with Crippen LogP contribution in [0.3, 0.4) is 0 Å². The van der Waals surface area contributed by atoms with Crippen molar-refractivity contribution in [3.8, 4) is 0 Å². The van der Waals surface area contributed by atoms with Gasteiger partial charge in [-0.25, -0.2) is 0 Å². The Morgan fingerprint density at radius 1 is 1.40 bits per heavy atom. The van der Waals surface area contributed by atoms with Crippen LogP contribution in [-0.4, -0.2) is 34.3 Å². The lowest BCUT2D eigenvalue weighted by molar-refractivity contribution is -0.142. The summed E-state index contributed by atoms with van der Waals surface area (Å²) in [6, 6.07) is 0. The molecular weight excluding hydrogens is 198 g/mol. The third-order valence-corrected chi connectivity index (χ3v) is 2.38. The molecule has 1 N–H and O–H groups in total. The minimum Gasteiger partial charge on any atom is -0.481 e. The van der Waals surface area contributed by atoms with Crippen LogP contribution in [0.2, 0.25) is 0 Å². The Balaban J connectivity index is 2.55. The third kappa shape index (κ3) is 2.90. The van der Waals surface area contributed by atoms with Gasteiger partial charge >= 0.3 is 5.97 Å². The summed E-state index contributed by atoms with van der Waals surface area (Å²) in [6.45, 7) is 2.03. The normalized spacial score (nSPS) is 17.3. The Hall–Kier alpha value is -1.65. The highest BCUT2D eigenvalue weighted by molar-refractivity contribution is 6.12. The molecule has 1 unspecified atom stereocenters. The number of hydrogen-bond acceptors (Lipinski definition) is 3. The molecule has 0 saturated carbocycles. The van der Waals surface area contributed by atoms with Gasteiger partial charge in [-0.2, -0.15) is 0 Å². The van der Waals surface area contributed by atoms with E-state index >= 15 is 0 Å². The maximum atomic E-state index is 11.2. The zero-order valence-electron chi connectivity index (χ0n) is 8.47. The van der Waals surface area contributed by atoms with Crippen LogP contribution in [0.1, 0.15) is 19.8 Å². The predicted octanol–water partition coefficient (Wildman–Crippen LogP) is 0.412. The number of hydrogen-bond donors (Lipinski definition) is 1. The molecule has 1 aliphatic rings. The van der Waals surface area contributed by atoms with Gasteiger partial charge in [0.15, 0.2) is 0 Å². The largest absolute Gasteiger partial charge is 0.481 e. The molecule has 2 amide bonds. The lowest BCUT2D eigenvalue weighted by Crippen LogP contribution is -2.35. The van der Waals surface area contributed by atoms with E-state index in [-0.39, 0.29) is 30.7 Å². The van der Waals surface area contributed by atoms with Crippen molar-refractivity contribution in [1.82, 2.24) is 4.90 Å². The Labute approximate surface area is 87.4 Å². The fraction of sp³-hybridized carbons (Fsp3) is 0.500. The third-order valence-electron chi connectivity index (χ3n) is 2.38. The van der Waals surface area contributed by atoms with Crippen LogP contribution in [0.4, 0.5) is 0 Å². The van der Waals surface area contributed by atoms with E-state index < -0.39 is 5.97 Å². The highest BCUT2D eigenvalue weighted by atomic mass is 16.4. The number of rotatable bonds is 5. The van der Waals surface area contributed by atoms with Crippen LogP contribution in [-0.2, 0) is 14.4 Å². The van der Waals surface area contributed by atoms with Gasteiger partial charge in [0.1, 0.15) is 0 Å². The molecule has 0 fully saturated rings. The molecule has 0 bridgehead atoms. The molecule has 0 aromatic carbocycles. The van der Waals surface area contributed by atoms with Gasteiger partial charge in [-0.05, 0) is 5.92 Å². The average molecular weight is 211 g/mol. The molecule has 0 spiro atoms. The van der Waals surface area contributed by atoms with Crippen molar-refractivity contribution in [3.63, 3.8) is 0 Å². The van der Waals surface area contributed by atoms with Gasteiger partial charge in [-0.3, -0.25) is 19.3 Å². The molecule has 1 heterocycles. The summed E-state index contributed by atoms with van der Waals surface area (Å²) in [5, 5.41) is 8.62. The van der Waals surface area contributed by atoms with Gasteiger partial charge in [0.2, 0.25) is 0 Å². The smallest absolute Gasteiger partial charge is 0.303 e. The number of aliphatic carboxylic acids is 1. The van der Waals surface area contributed by atoms with E-state index in [1.54, 1.807) is 0 Å². The molecule has 15 heavy (non-hydrogen) atoms. The molecule has 5 heteroatoms. The van der Waals surface area contributed by atoms with Gasteiger partial charge in [-0.1, -0.05) is 13.3 Å².